The van der Waals surface area contributed by atoms with E-state index in [2.05, 4.69) is 29.8 Å². The molecule has 0 radical (unpaired) electrons. The minimum atomic E-state index is 0.836. The molecule has 1 aliphatic carbocycles. The van der Waals surface area contributed by atoms with Crippen molar-refractivity contribution < 1.29 is 0 Å². The summed E-state index contributed by atoms with van der Waals surface area (Å²) in [4.78, 5) is 2.98. The van der Waals surface area contributed by atoms with Crippen molar-refractivity contribution >= 4 is 27.3 Å². The molecule has 14 heavy (non-hydrogen) atoms. The summed E-state index contributed by atoms with van der Waals surface area (Å²) in [5.74, 6) is 0.836. The van der Waals surface area contributed by atoms with E-state index in [-0.39, 0.29) is 0 Å². The van der Waals surface area contributed by atoms with Crippen LogP contribution in [-0.4, -0.2) is 0 Å². The average molecular weight is 273 g/mol. The molecule has 0 N–H and O–H groups in total. The minimum Gasteiger partial charge on any atom is -0.144 e. The van der Waals surface area contributed by atoms with Crippen LogP contribution in [0.3, 0.4) is 0 Å². The zero-order valence-electron chi connectivity index (χ0n) is 8.90. The molecule has 0 unspecified atom stereocenters. The van der Waals surface area contributed by atoms with Gasteiger partial charge in [-0.15, -0.1) is 11.3 Å². The summed E-state index contributed by atoms with van der Waals surface area (Å²) in [6.07, 6.45) is 7.08. The van der Waals surface area contributed by atoms with Crippen LogP contribution in [0.5, 0.6) is 0 Å². The second-order valence-corrected chi connectivity index (χ2v) is 6.50. The van der Waals surface area contributed by atoms with E-state index in [1.165, 1.54) is 46.3 Å². The van der Waals surface area contributed by atoms with E-state index in [4.69, 9.17) is 0 Å². The molecule has 0 aliphatic heterocycles. The van der Waals surface area contributed by atoms with Gasteiger partial charge in [-0.3, -0.25) is 0 Å². The Morgan fingerprint density at radius 2 is 1.71 bits per heavy atom. The van der Waals surface area contributed by atoms with Crippen LogP contribution in [0.1, 0.15) is 53.3 Å². The summed E-state index contributed by atoms with van der Waals surface area (Å²) >= 11 is 5.69. The molecule has 0 aromatic carbocycles. The Bertz CT molecular complexity index is 321. The third-order valence-electron chi connectivity index (χ3n) is 3.24. The Morgan fingerprint density at radius 1 is 1.07 bits per heavy atom. The van der Waals surface area contributed by atoms with Crippen LogP contribution >= 0.6 is 27.3 Å². The third-order valence-corrected chi connectivity index (χ3v) is 5.57. The largest absolute Gasteiger partial charge is 0.144 e. The maximum absolute atomic E-state index is 3.75. The normalized spacial score (nSPS) is 18.8. The van der Waals surface area contributed by atoms with Crippen LogP contribution < -0.4 is 0 Å². The first-order valence-electron chi connectivity index (χ1n) is 5.45. The number of rotatable bonds is 1. The first-order valence-corrected chi connectivity index (χ1v) is 7.06. The Balaban J connectivity index is 2.29. The molecule has 0 bridgehead atoms. The molecule has 0 spiro atoms. The van der Waals surface area contributed by atoms with Crippen molar-refractivity contribution in [1.29, 1.82) is 0 Å². The van der Waals surface area contributed by atoms with Crippen molar-refractivity contribution in [2.24, 2.45) is 0 Å². The minimum absolute atomic E-state index is 0.836. The van der Waals surface area contributed by atoms with Gasteiger partial charge in [-0.05, 0) is 54.1 Å². The SMILES string of the molecule is Cc1sc(C)c(C2CCCCC2)c1Br. The van der Waals surface area contributed by atoms with E-state index < -0.39 is 0 Å². The Morgan fingerprint density at radius 3 is 2.21 bits per heavy atom. The Kier molecular flexibility index (Phi) is 3.33. The van der Waals surface area contributed by atoms with Crippen molar-refractivity contribution in [3.8, 4) is 0 Å². The van der Waals surface area contributed by atoms with Gasteiger partial charge in [-0.2, -0.15) is 0 Å². The topological polar surface area (TPSA) is 0 Å². The Labute approximate surface area is 98.9 Å². The molecule has 1 aromatic heterocycles. The second kappa shape index (κ2) is 4.36. The van der Waals surface area contributed by atoms with Gasteiger partial charge in [0.15, 0.2) is 0 Å². The van der Waals surface area contributed by atoms with Crippen molar-refractivity contribution in [1.82, 2.24) is 0 Å². The fourth-order valence-electron chi connectivity index (χ4n) is 2.53. The summed E-state index contributed by atoms with van der Waals surface area (Å²) in [6, 6.07) is 0. The third kappa shape index (κ3) is 1.92. The van der Waals surface area contributed by atoms with Gasteiger partial charge in [0.25, 0.3) is 0 Å². The lowest BCUT2D eigenvalue weighted by Gasteiger charge is -2.22. The molecule has 0 nitrogen and oxygen atoms in total. The zero-order valence-corrected chi connectivity index (χ0v) is 11.3. The van der Waals surface area contributed by atoms with E-state index in [1.54, 1.807) is 5.56 Å². The van der Waals surface area contributed by atoms with Crippen LogP contribution in [0.2, 0.25) is 0 Å². The molecule has 2 rings (SSSR count). The lowest BCUT2D eigenvalue weighted by atomic mass is 9.84. The fourth-order valence-corrected chi connectivity index (χ4v) is 4.56. The second-order valence-electron chi connectivity index (χ2n) is 4.28. The summed E-state index contributed by atoms with van der Waals surface area (Å²) in [5, 5.41) is 0. The van der Waals surface area contributed by atoms with Gasteiger partial charge in [0.1, 0.15) is 0 Å². The highest BCUT2D eigenvalue weighted by Gasteiger charge is 2.22. The average Bonchev–Trinajstić information content (AvgIpc) is 2.43. The summed E-state index contributed by atoms with van der Waals surface area (Å²) in [7, 11) is 0. The smallest absolute Gasteiger partial charge is 0.0349 e. The fraction of sp³-hybridized carbons (Fsp3) is 0.667. The van der Waals surface area contributed by atoms with Crippen molar-refractivity contribution in [3.05, 3.63) is 19.8 Å². The monoisotopic (exact) mass is 272 g/mol. The van der Waals surface area contributed by atoms with Crippen LogP contribution in [0.25, 0.3) is 0 Å². The highest BCUT2D eigenvalue weighted by Crippen LogP contribution is 2.42. The molecule has 2 heteroatoms. The van der Waals surface area contributed by atoms with Crippen molar-refractivity contribution in [3.63, 3.8) is 0 Å². The van der Waals surface area contributed by atoms with Gasteiger partial charge < -0.3 is 0 Å². The van der Waals surface area contributed by atoms with Crippen LogP contribution in [0.15, 0.2) is 4.47 Å². The van der Waals surface area contributed by atoms with Gasteiger partial charge in [0.2, 0.25) is 0 Å². The predicted molar refractivity (Wildman–Crippen MR) is 67.3 cm³/mol. The molecule has 0 saturated heterocycles. The first-order chi connectivity index (χ1) is 6.70. The lowest BCUT2D eigenvalue weighted by Crippen LogP contribution is -2.05. The molecule has 1 heterocycles. The van der Waals surface area contributed by atoms with Crippen LogP contribution in [0.4, 0.5) is 0 Å². The van der Waals surface area contributed by atoms with Crippen LogP contribution in [-0.2, 0) is 0 Å². The molecule has 1 fully saturated rings. The molecular weight excluding hydrogens is 256 g/mol. The van der Waals surface area contributed by atoms with Gasteiger partial charge in [-0.25, -0.2) is 0 Å². The molecule has 1 aliphatic rings. The van der Waals surface area contributed by atoms with E-state index in [0.717, 1.165) is 5.92 Å². The predicted octanol–water partition coefficient (Wildman–Crippen LogP) is 5.18. The quantitative estimate of drug-likeness (QED) is 0.661. The van der Waals surface area contributed by atoms with Gasteiger partial charge >= 0.3 is 0 Å². The maximum Gasteiger partial charge on any atom is 0.0349 e. The lowest BCUT2D eigenvalue weighted by molar-refractivity contribution is 0.442. The van der Waals surface area contributed by atoms with E-state index in [0.29, 0.717) is 0 Å². The van der Waals surface area contributed by atoms with Crippen molar-refractivity contribution in [2.75, 3.05) is 0 Å². The number of aryl methyl sites for hydroxylation is 2. The standard InChI is InChI=1S/C12H17BrS/c1-8-11(12(13)9(2)14-8)10-6-4-3-5-7-10/h10H,3-7H2,1-2H3. The van der Waals surface area contributed by atoms with Crippen LogP contribution in [0, 0.1) is 13.8 Å². The van der Waals surface area contributed by atoms with E-state index in [1.807, 2.05) is 11.3 Å². The zero-order chi connectivity index (χ0) is 10.1. The molecule has 0 atom stereocenters. The number of thiophene rings is 1. The number of hydrogen-bond donors (Lipinski definition) is 0. The number of hydrogen-bond acceptors (Lipinski definition) is 1. The van der Waals surface area contributed by atoms with Gasteiger partial charge in [0, 0.05) is 14.2 Å². The molecule has 78 valence electrons. The van der Waals surface area contributed by atoms with E-state index in [9.17, 15) is 0 Å². The molecular formula is C12H17BrS. The molecule has 1 saturated carbocycles. The maximum atomic E-state index is 3.75. The van der Waals surface area contributed by atoms with Gasteiger partial charge in [0.05, 0.1) is 0 Å². The molecule has 0 amide bonds. The summed E-state index contributed by atoms with van der Waals surface area (Å²) in [5.41, 5.74) is 1.62. The highest BCUT2D eigenvalue weighted by molar-refractivity contribution is 9.10. The molecule has 1 aromatic rings. The first kappa shape index (κ1) is 10.7. The Hall–Kier alpha value is 0.180. The van der Waals surface area contributed by atoms with E-state index >= 15 is 0 Å². The van der Waals surface area contributed by atoms with Crippen molar-refractivity contribution in [2.45, 2.75) is 51.9 Å². The van der Waals surface area contributed by atoms with Gasteiger partial charge in [-0.1, -0.05) is 19.3 Å². The highest BCUT2D eigenvalue weighted by atomic mass is 79.9. The summed E-state index contributed by atoms with van der Waals surface area (Å²) in [6.45, 7) is 4.49. The number of halogens is 1. The summed E-state index contributed by atoms with van der Waals surface area (Å²) < 4.78 is 1.40.